The second-order valence-corrected chi connectivity index (χ2v) is 19.7. The van der Waals surface area contributed by atoms with Gasteiger partial charge in [-0.15, -0.1) is 104 Å². The molecule has 0 bridgehead atoms. The molecule has 4 heteroatoms. The van der Waals surface area contributed by atoms with E-state index in [1.165, 1.54) is 82.4 Å². The van der Waals surface area contributed by atoms with Crippen LogP contribution in [0.15, 0.2) is 182 Å². The van der Waals surface area contributed by atoms with Crippen molar-refractivity contribution >= 4 is 58.9 Å². The van der Waals surface area contributed by atoms with E-state index in [1.54, 1.807) is 0 Å². The van der Waals surface area contributed by atoms with E-state index >= 15 is 0 Å². The first-order valence-corrected chi connectivity index (χ1v) is 28.3. The molecule has 0 nitrogen and oxygen atoms in total. The van der Waals surface area contributed by atoms with Gasteiger partial charge in [0.25, 0.3) is 0 Å². The van der Waals surface area contributed by atoms with E-state index in [2.05, 4.69) is 230 Å². The number of halogens is 2. The van der Waals surface area contributed by atoms with E-state index < -0.39 is 20.8 Å². The summed E-state index contributed by atoms with van der Waals surface area (Å²) >= 11 is -0.826. The Labute approximate surface area is 368 Å². The molecule has 58 heavy (non-hydrogen) atoms. The number of hydrogen-bond donors (Lipinski definition) is 0. The first-order valence-electron chi connectivity index (χ1n) is 19.9. The van der Waals surface area contributed by atoms with E-state index in [-0.39, 0.29) is 0 Å². The van der Waals surface area contributed by atoms with Crippen molar-refractivity contribution in [1.82, 2.24) is 0 Å². The standard InChI is InChI=1S/2C18H17.C16H13.C2H6Si.2ClH.Zr/c2*1-13(2)16-11-15-9-6-10-17(18(15)12-16)14-7-4-3-5-8-14;1-12-10-14-8-5-9-15(16(14)11-12)13-6-3-2-4-7-13;1-3-2;;;/h2*3-13H,1-2H3;2-11H,1H3;1-2H3;2*1H;/q3*-1;;;;+2/p-2. The second-order valence-electron chi connectivity index (χ2n) is 15.0. The van der Waals surface area contributed by atoms with E-state index in [9.17, 15) is 0 Å². The van der Waals surface area contributed by atoms with Crippen LogP contribution in [0.25, 0.3) is 65.7 Å². The van der Waals surface area contributed by atoms with E-state index in [4.69, 9.17) is 17.0 Å². The van der Waals surface area contributed by atoms with Gasteiger partial charge in [-0.1, -0.05) is 174 Å². The van der Waals surface area contributed by atoms with Gasteiger partial charge in [0.2, 0.25) is 0 Å². The van der Waals surface area contributed by atoms with E-state index in [0.717, 1.165) is 9.52 Å². The van der Waals surface area contributed by atoms with Crippen molar-refractivity contribution in [3.8, 4) is 33.4 Å². The summed E-state index contributed by atoms with van der Waals surface area (Å²) in [4.78, 5) is 0. The molecule has 0 heterocycles. The molecule has 0 aromatic heterocycles. The van der Waals surface area contributed by atoms with Gasteiger partial charge in [0.15, 0.2) is 0 Å². The molecule has 0 saturated heterocycles. The number of hydrogen-bond acceptors (Lipinski definition) is 0. The van der Waals surface area contributed by atoms with Crippen LogP contribution >= 0.6 is 17.0 Å². The van der Waals surface area contributed by atoms with Gasteiger partial charge < -0.3 is 0 Å². The van der Waals surface area contributed by atoms with Crippen molar-refractivity contribution in [2.75, 3.05) is 0 Å². The molecule has 9 aromatic rings. The summed E-state index contributed by atoms with van der Waals surface area (Å²) in [7, 11) is 11.0. The minimum atomic E-state index is -0.826. The van der Waals surface area contributed by atoms with Gasteiger partial charge in [-0.05, 0) is 28.5 Å². The Balaban J connectivity index is 0.000000155. The summed E-state index contributed by atoms with van der Waals surface area (Å²) in [5.74, 6) is 1.17. The van der Waals surface area contributed by atoms with Gasteiger partial charge in [-0.3, -0.25) is 0 Å². The Hall–Kier alpha value is -4.17. The van der Waals surface area contributed by atoms with Crippen molar-refractivity contribution < 1.29 is 20.8 Å². The third-order valence-corrected chi connectivity index (χ3v) is 10.0. The summed E-state index contributed by atoms with van der Waals surface area (Å²) in [6, 6.07) is 65.2. The zero-order valence-electron chi connectivity index (χ0n) is 34.7. The molecule has 0 atom stereocenters. The zero-order valence-corrected chi connectivity index (χ0v) is 39.7. The van der Waals surface area contributed by atoms with Crippen LogP contribution in [0.5, 0.6) is 0 Å². The van der Waals surface area contributed by atoms with Gasteiger partial charge in [-0.2, -0.15) is 18.2 Å². The molecule has 0 amide bonds. The topological polar surface area (TPSA) is 0 Å². The molecular formula is C54H53Cl2SiZr-3. The number of rotatable bonds is 5. The molecule has 0 aliphatic carbocycles. The van der Waals surface area contributed by atoms with Gasteiger partial charge in [0.1, 0.15) is 0 Å². The van der Waals surface area contributed by atoms with Gasteiger partial charge in [0.05, 0.1) is 0 Å². The van der Waals surface area contributed by atoms with Crippen LogP contribution < -0.4 is 0 Å². The van der Waals surface area contributed by atoms with Crippen LogP contribution in [-0.2, 0) is 20.8 Å². The Kier molecular flexibility index (Phi) is 17.7. The van der Waals surface area contributed by atoms with Crippen LogP contribution in [0.3, 0.4) is 0 Å². The average Bonchev–Trinajstić information content (AvgIpc) is 3.99. The first kappa shape index (κ1) is 44.9. The van der Waals surface area contributed by atoms with Gasteiger partial charge >= 0.3 is 37.9 Å². The fourth-order valence-corrected chi connectivity index (χ4v) is 7.18. The number of fused-ring (bicyclic) bond motifs is 3. The molecule has 294 valence electrons. The van der Waals surface area contributed by atoms with Crippen molar-refractivity contribution in [2.24, 2.45) is 0 Å². The van der Waals surface area contributed by atoms with E-state index in [1.807, 2.05) is 0 Å². The summed E-state index contributed by atoms with van der Waals surface area (Å²) in [6.07, 6.45) is 0. The first-order chi connectivity index (χ1) is 28.2. The molecule has 0 aliphatic heterocycles. The Morgan fingerprint density at radius 3 is 1.03 bits per heavy atom. The third-order valence-electron chi connectivity index (χ3n) is 10.0. The fourth-order valence-electron chi connectivity index (χ4n) is 7.18. The van der Waals surface area contributed by atoms with Crippen LogP contribution in [0, 0.1) is 6.92 Å². The maximum absolute atomic E-state index is 4.93. The third kappa shape index (κ3) is 12.0. The molecule has 0 fully saturated rings. The summed E-state index contributed by atoms with van der Waals surface area (Å²) in [6.45, 7) is 15.4. The molecule has 0 aliphatic rings. The Bertz CT molecular complexity index is 2440. The SMILES string of the molecule is CC(C)c1cc2c(-c3ccccc3)cccc2[cH-]1.CC(C)c1cc2c(-c3ccccc3)cccc2[cH-]1.C[Si]C.Cc1cc2c(-c3ccccc3)cccc2[cH-]1.[Cl][Zr][Cl]. The number of benzene rings is 6. The molecule has 0 N–H and O–H groups in total. The van der Waals surface area contributed by atoms with Crippen LogP contribution in [0.4, 0.5) is 0 Å². The van der Waals surface area contributed by atoms with Crippen molar-refractivity contribution in [2.45, 2.75) is 59.5 Å². The predicted molar refractivity (Wildman–Crippen MR) is 257 cm³/mol. The molecule has 0 saturated carbocycles. The molecule has 0 unspecified atom stereocenters. The van der Waals surface area contributed by atoms with Gasteiger partial charge in [-0.25, -0.2) is 0 Å². The summed E-state index contributed by atoms with van der Waals surface area (Å²) < 4.78 is 0. The van der Waals surface area contributed by atoms with Crippen LogP contribution in [0.2, 0.25) is 13.1 Å². The second kappa shape index (κ2) is 22.8. The quantitative estimate of drug-likeness (QED) is 0.119. The maximum atomic E-state index is 4.93. The molecule has 9 rings (SSSR count). The van der Waals surface area contributed by atoms with Crippen molar-refractivity contribution in [3.05, 3.63) is 199 Å². The average molecular weight is 892 g/mol. The fraction of sp³-hybridized carbons (Fsp3) is 0.167. The van der Waals surface area contributed by atoms with Crippen LogP contribution in [0.1, 0.15) is 56.2 Å². The minimum absolute atomic E-state index is 0.584. The normalized spacial score (nSPS) is 10.5. The monoisotopic (exact) mass is 889 g/mol. The van der Waals surface area contributed by atoms with Gasteiger partial charge in [0, 0.05) is 9.52 Å². The summed E-state index contributed by atoms with van der Waals surface area (Å²) in [5.41, 5.74) is 12.1. The molecule has 2 radical (unpaired) electrons. The molecular weight excluding hydrogens is 839 g/mol. The van der Waals surface area contributed by atoms with Crippen molar-refractivity contribution in [3.63, 3.8) is 0 Å². The Morgan fingerprint density at radius 2 is 0.724 bits per heavy atom. The van der Waals surface area contributed by atoms with Crippen molar-refractivity contribution in [1.29, 1.82) is 0 Å². The zero-order chi connectivity index (χ0) is 41.4. The molecule has 0 spiro atoms. The van der Waals surface area contributed by atoms with Crippen LogP contribution in [-0.4, -0.2) is 9.52 Å². The van der Waals surface area contributed by atoms with E-state index in [0.29, 0.717) is 11.8 Å². The molecule has 9 aromatic carbocycles. The Morgan fingerprint density at radius 1 is 0.431 bits per heavy atom. The predicted octanol–water partition coefficient (Wildman–Crippen LogP) is 17.4. The summed E-state index contributed by atoms with van der Waals surface area (Å²) in [5, 5.41) is 8.12. The number of aryl methyl sites for hydroxylation is 1.